The van der Waals surface area contributed by atoms with Crippen molar-refractivity contribution in [2.75, 3.05) is 5.73 Å². The summed E-state index contributed by atoms with van der Waals surface area (Å²) in [5.41, 5.74) is 11.0. The van der Waals surface area contributed by atoms with Gasteiger partial charge in [0.2, 0.25) is 0 Å². The van der Waals surface area contributed by atoms with Crippen LogP contribution >= 0.6 is 0 Å². The standard InChI is InChI=1S/C20H16FN5O/c21-13-4-12(6-15(27)7-13)19-17-9-23-10-24-20(17)25-26(19)14-5-11-2-1-3-18(22)16(11)8-14/h1-4,6-7,9-10,14,27H,5,8,22H2. The van der Waals surface area contributed by atoms with E-state index in [1.807, 2.05) is 16.8 Å². The van der Waals surface area contributed by atoms with Gasteiger partial charge in [-0.15, -0.1) is 0 Å². The van der Waals surface area contributed by atoms with Gasteiger partial charge in [-0.3, -0.25) is 4.68 Å². The Labute approximate surface area is 154 Å². The Hall–Kier alpha value is -3.48. The fourth-order valence-electron chi connectivity index (χ4n) is 3.94. The SMILES string of the molecule is Nc1cccc2c1CC(n1nc3ncncc3c1-c1cc(O)cc(F)c1)C2. The number of aromatic nitrogens is 4. The molecule has 1 unspecified atom stereocenters. The fraction of sp³-hybridized carbons (Fsp3) is 0.150. The van der Waals surface area contributed by atoms with Gasteiger partial charge in [-0.05, 0) is 42.2 Å². The molecule has 1 atom stereocenters. The summed E-state index contributed by atoms with van der Waals surface area (Å²) in [4.78, 5) is 8.34. The molecule has 1 aliphatic rings. The number of phenols is 1. The van der Waals surface area contributed by atoms with Crippen molar-refractivity contribution in [1.29, 1.82) is 0 Å². The Morgan fingerprint density at radius 3 is 2.89 bits per heavy atom. The molecule has 5 rings (SSSR count). The molecule has 2 aromatic carbocycles. The number of hydrogen-bond acceptors (Lipinski definition) is 5. The third-order valence-electron chi connectivity index (χ3n) is 5.08. The summed E-state index contributed by atoms with van der Waals surface area (Å²) < 4.78 is 15.8. The predicted molar refractivity (Wildman–Crippen MR) is 99.7 cm³/mol. The van der Waals surface area contributed by atoms with Gasteiger partial charge in [-0.2, -0.15) is 5.10 Å². The molecule has 0 spiro atoms. The van der Waals surface area contributed by atoms with Crippen LogP contribution in [-0.2, 0) is 12.8 Å². The largest absolute Gasteiger partial charge is 0.508 e. The smallest absolute Gasteiger partial charge is 0.184 e. The molecule has 0 amide bonds. The van der Waals surface area contributed by atoms with Crippen LogP contribution in [0.5, 0.6) is 5.75 Å². The molecule has 134 valence electrons. The van der Waals surface area contributed by atoms with Crippen LogP contribution in [0.25, 0.3) is 22.3 Å². The minimum Gasteiger partial charge on any atom is -0.508 e. The molecule has 0 aliphatic heterocycles. The first-order valence-electron chi connectivity index (χ1n) is 8.64. The molecule has 0 saturated carbocycles. The zero-order chi connectivity index (χ0) is 18.5. The van der Waals surface area contributed by atoms with Crippen LogP contribution in [0.1, 0.15) is 17.2 Å². The summed E-state index contributed by atoms with van der Waals surface area (Å²) >= 11 is 0. The van der Waals surface area contributed by atoms with Gasteiger partial charge >= 0.3 is 0 Å². The van der Waals surface area contributed by atoms with E-state index in [9.17, 15) is 9.50 Å². The molecule has 27 heavy (non-hydrogen) atoms. The molecule has 3 N–H and O–H groups in total. The number of aromatic hydroxyl groups is 1. The number of rotatable bonds is 2. The van der Waals surface area contributed by atoms with Gasteiger partial charge in [-0.1, -0.05) is 12.1 Å². The van der Waals surface area contributed by atoms with Gasteiger partial charge in [0.25, 0.3) is 0 Å². The quantitative estimate of drug-likeness (QED) is 0.535. The maximum Gasteiger partial charge on any atom is 0.184 e. The highest BCUT2D eigenvalue weighted by Gasteiger charge is 2.28. The lowest BCUT2D eigenvalue weighted by Gasteiger charge is -2.15. The monoisotopic (exact) mass is 361 g/mol. The molecule has 6 nitrogen and oxygen atoms in total. The minimum atomic E-state index is -0.512. The van der Waals surface area contributed by atoms with Gasteiger partial charge < -0.3 is 10.8 Å². The first-order valence-corrected chi connectivity index (χ1v) is 8.64. The first kappa shape index (κ1) is 15.7. The molecule has 7 heteroatoms. The summed E-state index contributed by atoms with van der Waals surface area (Å²) in [5, 5.41) is 15.3. The average Bonchev–Trinajstić information content (AvgIpc) is 3.23. The van der Waals surface area contributed by atoms with E-state index in [0.29, 0.717) is 22.3 Å². The van der Waals surface area contributed by atoms with Crippen molar-refractivity contribution in [3.8, 4) is 17.0 Å². The highest BCUT2D eigenvalue weighted by Crippen LogP contribution is 2.38. The Morgan fingerprint density at radius 1 is 1.19 bits per heavy atom. The van der Waals surface area contributed by atoms with Crippen molar-refractivity contribution in [3.05, 3.63) is 65.9 Å². The lowest BCUT2D eigenvalue weighted by Crippen LogP contribution is -2.12. The van der Waals surface area contributed by atoms with Crippen molar-refractivity contribution < 1.29 is 9.50 Å². The molecule has 0 radical (unpaired) electrons. The Morgan fingerprint density at radius 2 is 2.07 bits per heavy atom. The number of hydrogen-bond donors (Lipinski definition) is 2. The van der Waals surface area contributed by atoms with Crippen LogP contribution in [0.2, 0.25) is 0 Å². The summed E-state index contributed by atoms with van der Waals surface area (Å²) in [6.07, 6.45) is 4.61. The maximum atomic E-state index is 14.0. The zero-order valence-electron chi connectivity index (χ0n) is 14.3. The maximum absolute atomic E-state index is 14.0. The van der Waals surface area contributed by atoms with Crippen molar-refractivity contribution in [2.24, 2.45) is 0 Å². The highest BCUT2D eigenvalue weighted by molar-refractivity contribution is 5.91. The minimum absolute atomic E-state index is 0.0271. The van der Waals surface area contributed by atoms with Crippen molar-refractivity contribution in [2.45, 2.75) is 18.9 Å². The lowest BCUT2D eigenvalue weighted by molar-refractivity contribution is 0.468. The topological polar surface area (TPSA) is 89.9 Å². The van der Waals surface area contributed by atoms with Gasteiger partial charge in [0.15, 0.2) is 5.65 Å². The van der Waals surface area contributed by atoms with Crippen LogP contribution in [0.15, 0.2) is 48.9 Å². The number of benzene rings is 2. The van der Waals surface area contributed by atoms with E-state index < -0.39 is 5.82 Å². The molecule has 4 aromatic rings. The second-order valence-electron chi connectivity index (χ2n) is 6.80. The van der Waals surface area contributed by atoms with Crippen molar-refractivity contribution in [1.82, 2.24) is 19.7 Å². The first-order chi connectivity index (χ1) is 13.1. The normalized spacial score (nSPS) is 16.0. The molecule has 1 aliphatic carbocycles. The van der Waals surface area contributed by atoms with Gasteiger partial charge in [0, 0.05) is 23.5 Å². The summed E-state index contributed by atoms with van der Waals surface area (Å²) in [5.74, 6) is -0.650. The molecular weight excluding hydrogens is 345 g/mol. The fourth-order valence-corrected chi connectivity index (χ4v) is 3.94. The highest BCUT2D eigenvalue weighted by atomic mass is 19.1. The van der Waals surface area contributed by atoms with E-state index in [1.54, 1.807) is 6.20 Å². The second-order valence-corrected chi connectivity index (χ2v) is 6.80. The van der Waals surface area contributed by atoms with E-state index in [4.69, 9.17) is 5.73 Å². The van der Waals surface area contributed by atoms with Crippen LogP contribution in [0.4, 0.5) is 10.1 Å². The molecule has 0 fully saturated rings. The number of anilines is 1. The third-order valence-corrected chi connectivity index (χ3v) is 5.08. The van der Waals surface area contributed by atoms with Gasteiger partial charge in [0.05, 0.1) is 17.1 Å². The Balaban J connectivity index is 1.71. The van der Waals surface area contributed by atoms with Gasteiger partial charge in [0.1, 0.15) is 17.9 Å². The number of fused-ring (bicyclic) bond motifs is 2. The van der Waals surface area contributed by atoms with Gasteiger partial charge in [-0.25, -0.2) is 14.4 Å². The Kier molecular flexibility index (Phi) is 3.36. The van der Waals surface area contributed by atoms with Crippen molar-refractivity contribution in [3.63, 3.8) is 0 Å². The summed E-state index contributed by atoms with van der Waals surface area (Å²) in [7, 11) is 0. The number of nitrogens with zero attached hydrogens (tertiary/aromatic N) is 4. The molecular formula is C20H16FN5O. The van der Waals surface area contributed by atoms with E-state index in [0.717, 1.165) is 30.2 Å². The van der Waals surface area contributed by atoms with E-state index in [-0.39, 0.29) is 11.8 Å². The number of phenolic OH excluding ortho intramolecular Hbond substituents is 1. The third kappa shape index (κ3) is 2.51. The van der Waals surface area contributed by atoms with Crippen LogP contribution in [0, 0.1) is 5.82 Å². The summed E-state index contributed by atoms with van der Waals surface area (Å²) in [6.45, 7) is 0. The van der Waals surface area contributed by atoms with Crippen LogP contribution < -0.4 is 5.73 Å². The number of nitrogens with two attached hydrogens (primary N) is 1. The van der Waals surface area contributed by atoms with Crippen molar-refractivity contribution >= 4 is 16.7 Å². The molecule has 0 saturated heterocycles. The molecule has 2 aromatic heterocycles. The van der Waals surface area contributed by atoms with Crippen LogP contribution in [0.3, 0.4) is 0 Å². The van der Waals surface area contributed by atoms with E-state index in [1.165, 1.54) is 24.0 Å². The number of halogens is 1. The van der Waals surface area contributed by atoms with E-state index in [2.05, 4.69) is 21.1 Å². The Bertz CT molecular complexity index is 1170. The summed E-state index contributed by atoms with van der Waals surface area (Å²) in [6, 6.07) is 9.94. The van der Waals surface area contributed by atoms with Crippen LogP contribution in [-0.4, -0.2) is 24.9 Å². The lowest BCUT2D eigenvalue weighted by atomic mass is 10.1. The zero-order valence-corrected chi connectivity index (χ0v) is 14.3. The predicted octanol–water partition coefficient (Wildman–Crippen LogP) is 3.26. The second kappa shape index (κ2) is 5.77. The molecule has 0 bridgehead atoms. The van der Waals surface area contributed by atoms with E-state index >= 15 is 0 Å². The molecule has 2 heterocycles. The number of nitrogen functional groups attached to an aromatic ring is 1. The average molecular weight is 361 g/mol.